The van der Waals surface area contributed by atoms with Crippen LogP contribution in [0, 0.1) is 0 Å². The number of alkyl carbamates (subject to hydrolysis) is 1. The summed E-state index contributed by atoms with van der Waals surface area (Å²) in [6.45, 7) is 8.56. The molecule has 0 radical (unpaired) electrons. The van der Waals surface area contributed by atoms with Gasteiger partial charge in [-0.3, -0.25) is 0 Å². The summed E-state index contributed by atoms with van der Waals surface area (Å²) in [5, 5.41) is 5.56. The molecule has 2 heterocycles. The summed E-state index contributed by atoms with van der Waals surface area (Å²) in [4.78, 5) is 18.8. The quantitative estimate of drug-likeness (QED) is 0.768. The maximum atomic E-state index is 12.0. The molecule has 2 aromatic rings. The van der Waals surface area contributed by atoms with Gasteiger partial charge in [0.15, 0.2) is 0 Å². The number of rotatable bonds is 2. The number of hydrogen-bond donors (Lipinski definition) is 1. The number of aromatic nitrogens is 1. The molecule has 1 aromatic carbocycles. The number of halogens is 1. The van der Waals surface area contributed by atoms with Gasteiger partial charge in [-0.2, -0.15) is 0 Å². The van der Waals surface area contributed by atoms with E-state index in [1.54, 1.807) is 0 Å². The average molecular weight is 376 g/mol. The third kappa shape index (κ3) is 4.39. The van der Waals surface area contributed by atoms with Gasteiger partial charge in [-0.1, -0.05) is 35.9 Å². The molecule has 0 aliphatic carbocycles. The Labute approximate surface area is 159 Å². The lowest BCUT2D eigenvalue weighted by molar-refractivity contribution is 0.0494. The Kier molecular flexibility index (Phi) is 5.28. The summed E-state index contributed by atoms with van der Waals surface area (Å²) in [6.07, 6.45) is 1.33. The van der Waals surface area contributed by atoms with E-state index in [1.165, 1.54) is 0 Å². The first kappa shape index (κ1) is 18.8. The van der Waals surface area contributed by atoms with Crippen LogP contribution in [0.3, 0.4) is 0 Å². The highest BCUT2D eigenvalue weighted by atomic mass is 35.5. The normalized spacial score (nSPS) is 20.9. The highest BCUT2D eigenvalue weighted by Crippen LogP contribution is 2.30. The third-order valence-corrected chi connectivity index (χ3v) is 4.86. The van der Waals surface area contributed by atoms with Gasteiger partial charge < -0.3 is 15.0 Å². The fourth-order valence-electron chi connectivity index (χ4n) is 3.41. The molecule has 140 valence electrons. The predicted octanol–water partition coefficient (Wildman–Crippen LogP) is 4.77. The van der Waals surface area contributed by atoms with E-state index in [4.69, 9.17) is 16.3 Å². The van der Waals surface area contributed by atoms with Crippen molar-refractivity contribution >= 4 is 34.3 Å². The summed E-state index contributed by atoms with van der Waals surface area (Å²) in [5.74, 6) is 0.886. The number of amides is 1. The van der Waals surface area contributed by atoms with Crippen molar-refractivity contribution in [1.29, 1.82) is 0 Å². The fraction of sp³-hybridized carbons (Fsp3) is 0.500. The summed E-state index contributed by atoms with van der Waals surface area (Å²) >= 11 is 6.38. The van der Waals surface area contributed by atoms with Crippen molar-refractivity contribution in [3.8, 4) is 0 Å². The zero-order chi connectivity index (χ0) is 18.9. The zero-order valence-corrected chi connectivity index (χ0v) is 16.5. The minimum Gasteiger partial charge on any atom is -0.444 e. The molecule has 1 aromatic heterocycles. The monoisotopic (exact) mass is 375 g/mol. The van der Waals surface area contributed by atoms with E-state index >= 15 is 0 Å². The van der Waals surface area contributed by atoms with Crippen LogP contribution in [-0.4, -0.2) is 35.3 Å². The maximum Gasteiger partial charge on any atom is 0.407 e. The van der Waals surface area contributed by atoms with E-state index in [0.29, 0.717) is 5.15 Å². The molecule has 0 spiro atoms. The molecule has 3 rings (SSSR count). The molecule has 6 heteroatoms. The van der Waals surface area contributed by atoms with Gasteiger partial charge in [0.25, 0.3) is 0 Å². The van der Waals surface area contributed by atoms with Crippen LogP contribution in [0.1, 0.15) is 40.5 Å². The van der Waals surface area contributed by atoms with Crippen LogP contribution < -0.4 is 10.2 Å². The van der Waals surface area contributed by atoms with Crippen LogP contribution >= 0.6 is 11.6 Å². The van der Waals surface area contributed by atoms with E-state index in [0.717, 1.165) is 36.0 Å². The Morgan fingerprint density at radius 3 is 2.77 bits per heavy atom. The topological polar surface area (TPSA) is 54.5 Å². The zero-order valence-electron chi connectivity index (χ0n) is 15.8. The number of benzene rings is 1. The van der Waals surface area contributed by atoms with Crippen molar-refractivity contribution in [2.24, 2.45) is 0 Å². The molecule has 1 aliphatic heterocycles. The van der Waals surface area contributed by atoms with Gasteiger partial charge in [0.05, 0.1) is 0 Å². The molecular formula is C20H26ClN3O2. The molecule has 1 aliphatic rings. The highest BCUT2D eigenvalue weighted by Gasteiger charge is 2.29. The molecule has 5 nitrogen and oxygen atoms in total. The van der Waals surface area contributed by atoms with Crippen molar-refractivity contribution < 1.29 is 9.53 Å². The Bertz CT molecular complexity index is 803. The molecule has 2 atom stereocenters. The Morgan fingerprint density at radius 1 is 1.35 bits per heavy atom. The van der Waals surface area contributed by atoms with Crippen LogP contribution in [0.4, 0.5) is 10.6 Å². The van der Waals surface area contributed by atoms with Gasteiger partial charge in [-0.15, -0.1) is 0 Å². The van der Waals surface area contributed by atoms with Gasteiger partial charge in [-0.05, 0) is 52.0 Å². The number of fused-ring (bicyclic) bond motifs is 1. The standard InChI is InChI=1S/C20H26ClN3O2/c1-13-11-15(22-19(25)26-20(2,3)4)9-10-24(13)17-12-14-7-5-6-8-16(14)18(21)23-17/h5-8,12-13,15H,9-11H2,1-4H3,(H,22,25). The Morgan fingerprint density at radius 2 is 2.08 bits per heavy atom. The van der Waals surface area contributed by atoms with Crippen LogP contribution in [0.25, 0.3) is 10.8 Å². The minimum absolute atomic E-state index is 0.104. The number of pyridine rings is 1. The van der Waals surface area contributed by atoms with E-state index in [-0.39, 0.29) is 18.2 Å². The van der Waals surface area contributed by atoms with E-state index in [2.05, 4.69) is 28.2 Å². The van der Waals surface area contributed by atoms with E-state index in [1.807, 2.05) is 45.0 Å². The first-order valence-electron chi connectivity index (χ1n) is 9.04. The number of carbonyl (C=O) groups excluding carboxylic acids is 1. The van der Waals surface area contributed by atoms with Crippen molar-refractivity contribution in [2.75, 3.05) is 11.4 Å². The summed E-state index contributed by atoms with van der Waals surface area (Å²) in [5.41, 5.74) is -0.484. The van der Waals surface area contributed by atoms with Crippen LogP contribution in [0.2, 0.25) is 5.15 Å². The molecule has 1 saturated heterocycles. The van der Waals surface area contributed by atoms with Crippen molar-refractivity contribution in [3.63, 3.8) is 0 Å². The van der Waals surface area contributed by atoms with Crippen molar-refractivity contribution in [3.05, 3.63) is 35.5 Å². The second-order valence-electron chi connectivity index (χ2n) is 7.90. The largest absolute Gasteiger partial charge is 0.444 e. The predicted molar refractivity (Wildman–Crippen MR) is 106 cm³/mol. The van der Waals surface area contributed by atoms with Crippen LogP contribution in [0.5, 0.6) is 0 Å². The van der Waals surface area contributed by atoms with Crippen molar-refractivity contribution in [1.82, 2.24) is 10.3 Å². The molecule has 1 fully saturated rings. The second-order valence-corrected chi connectivity index (χ2v) is 8.26. The number of piperidine rings is 1. The van der Waals surface area contributed by atoms with Gasteiger partial charge in [-0.25, -0.2) is 9.78 Å². The third-order valence-electron chi connectivity index (χ3n) is 4.57. The van der Waals surface area contributed by atoms with Crippen LogP contribution in [-0.2, 0) is 4.74 Å². The number of hydrogen-bond acceptors (Lipinski definition) is 4. The SMILES string of the molecule is CC1CC(NC(=O)OC(C)(C)C)CCN1c1cc2ccccc2c(Cl)n1. The van der Waals surface area contributed by atoms with Gasteiger partial charge in [0.2, 0.25) is 0 Å². The minimum atomic E-state index is -0.484. The van der Waals surface area contributed by atoms with E-state index < -0.39 is 5.60 Å². The highest BCUT2D eigenvalue weighted by molar-refractivity contribution is 6.34. The second kappa shape index (κ2) is 7.31. The van der Waals surface area contributed by atoms with Crippen molar-refractivity contribution in [2.45, 2.75) is 58.2 Å². The molecule has 1 N–H and O–H groups in total. The molecule has 1 amide bonds. The molecule has 0 bridgehead atoms. The number of anilines is 1. The van der Waals surface area contributed by atoms with Gasteiger partial charge in [0, 0.05) is 24.0 Å². The molecule has 26 heavy (non-hydrogen) atoms. The first-order valence-corrected chi connectivity index (χ1v) is 9.42. The fourth-order valence-corrected chi connectivity index (χ4v) is 3.67. The Hall–Kier alpha value is -2.01. The lowest BCUT2D eigenvalue weighted by atomic mass is 9.98. The number of nitrogens with zero attached hydrogens (tertiary/aromatic N) is 2. The number of carbonyl (C=O) groups is 1. The Balaban J connectivity index is 1.69. The van der Waals surface area contributed by atoms with Gasteiger partial charge in [0.1, 0.15) is 16.6 Å². The summed E-state index contributed by atoms with van der Waals surface area (Å²) in [6, 6.07) is 10.4. The maximum absolute atomic E-state index is 12.0. The van der Waals surface area contributed by atoms with E-state index in [9.17, 15) is 4.79 Å². The summed E-state index contributed by atoms with van der Waals surface area (Å²) in [7, 11) is 0. The molecule has 0 saturated carbocycles. The molecular weight excluding hydrogens is 350 g/mol. The average Bonchev–Trinajstić information content (AvgIpc) is 2.53. The number of ether oxygens (including phenoxy) is 1. The smallest absolute Gasteiger partial charge is 0.407 e. The number of nitrogens with one attached hydrogen (secondary N) is 1. The van der Waals surface area contributed by atoms with Crippen LogP contribution in [0.15, 0.2) is 30.3 Å². The summed E-state index contributed by atoms with van der Waals surface area (Å²) < 4.78 is 5.36. The molecule has 2 unspecified atom stereocenters. The van der Waals surface area contributed by atoms with Gasteiger partial charge >= 0.3 is 6.09 Å². The lowest BCUT2D eigenvalue weighted by Crippen LogP contribution is -2.50. The lowest BCUT2D eigenvalue weighted by Gasteiger charge is -2.39. The first-order chi connectivity index (χ1) is 12.2.